The molecule has 4 rings (SSSR count). The standard InChI is InChI=1S/C24H27NO4S2/c26-31(27,24-9-2-1-3-10-24)25(18-23-8-5-13-28-23)17-21-6-4-7-22(16-21)29-14-11-20-12-15-30-19-20/h1-4,6-7,9-10,12,15-16,19,23H,5,8,11,13-14,17-18H2/t23-/m0/s1. The van der Waals surface area contributed by atoms with E-state index in [9.17, 15) is 8.42 Å². The number of hydrogen-bond donors (Lipinski definition) is 0. The number of thiophene rings is 1. The van der Waals surface area contributed by atoms with Crippen molar-refractivity contribution in [1.29, 1.82) is 0 Å². The minimum atomic E-state index is -3.63. The van der Waals surface area contributed by atoms with Gasteiger partial charge in [0, 0.05) is 26.1 Å². The minimum Gasteiger partial charge on any atom is -0.493 e. The fraction of sp³-hybridized carbons (Fsp3) is 0.333. The SMILES string of the molecule is O=S(=O)(c1ccccc1)N(Cc1cccc(OCCc2ccsc2)c1)C[C@@H]1CCCO1. The third-order valence-electron chi connectivity index (χ3n) is 5.31. The van der Waals surface area contributed by atoms with Crippen molar-refractivity contribution in [3.63, 3.8) is 0 Å². The molecule has 1 fully saturated rings. The number of sulfonamides is 1. The second kappa shape index (κ2) is 10.4. The Morgan fingerprint density at radius 1 is 1.06 bits per heavy atom. The average Bonchev–Trinajstić information content (AvgIpc) is 3.49. The molecule has 2 aromatic carbocycles. The highest BCUT2D eigenvalue weighted by Crippen LogP contribution is 2.24. The Kier molecular flexibility index (Phi) is 7.40. The van der Waals surface area contributed by atoms with E-state index >= 15 is 0 Å². The Morgan fingerprint density at radius 2 is 1.94 bits per heavy atom. The van der Waals surface area contributed by atoms with Crippen LogP contribution in [0.2, 0.25) is 0 Å². The van der Waals surface area contributed by atoms with Gasteiger partial charge in [0.25, 0.3) is 0 Å². The Bertz CT molecular complexity index is 1050. The van der Waals surface area contributed by atoms with Crippen molar-refractivity contribution in [2.45, 2.75) is 36.8 Å². The summed E-state index contributed by atoms with van der Waals surface area (Å²) in [5.74, 6) is 0.752. The quantitative estimate of drug-likeness (QED) is 0.441. The predicted molar refractivity (Wildman–Crippen MR) is 123 cm³/mol. The number of hydrogen-bond acceptors (Lipinski definition) is 5. The van der Waals surface area contributed by atoms with Gasteiger partial charge in [-0.25, -0.2) is 8.42 Å². The van der Waals surface area contributed by atoms with Crippen LogP contribution in [0.5, 0.6) is 5.75 Å². The van der Waals surface area contributed by atoms with Gasteiger partial charge in [0.1, 0.15) is 5.75 Å². The second-order valence-corrected chi connectivity index (χ2v) is 10.3. The van der Waals surface area contributed by atoms with Crippen LogP contribution in [-0.2, 0) is 27.7 Å². The fourth-order valence-corrected chi connectivity index (χ4v) is 5.85. The van der Waals surface area contributed by atoms with Gasteiger partial charge in [0.2, 0.25) is 10.0 Å². The fourth-order valence-electron chi connectivity index (χ4n) is 3.66. The Balaban J connectivity index is 1.48. The van der Waals surface area contributed by atoms with Gasteiger partial charge in [-0.15, -0.1) is 0 Å². The van der Waals surface area contributed by atoms with Crippen LogP contribution in [0.3, 0.4) is 0 Å². The van der Waals surface area contributed by atoms with E-state index < -0.39 is 10.0 Å². The van der Waals surface area contributed by atoms with Crippen LogP contribution in [0.25, 0.3) is 0 Å². The normalized spacial score (nSPS) is 16.6. The average molecular weight is 458 g/mol. The Hall–Kier alpha value is -2.19. The van der Waals surface area contributed by atoms with E-state index in [0.29, 0.717) is 24.7 Å². The summed E-state index contributed by atoms with van der Waals surface area (Å²) in [7, 11) is -3.63. The Morgan fingerprint density at radius 3 is 2.68 bits per heavy atom. The van der Waals surface area contributed by atoms with Crippen molar-refractivity contribution in [3.05, 3.63) is 82.6 Å². The molecule has 164 valence electrons. The van der Waals surface area contributed by atoms with Gasteiger partial charge < -0.3 is 9.47 Å². The summed E-state index contributed by atoms with van der Waals surface area (Å²) >= 11 is 1.68. The maximum absolute atomic E-state index is 13.4. The van der Waals surface area contributed by atoms with Gasteiger partial charge in [-0.1, -0.05) is 30.3 Å². The lowest BCUT2D eigenvalue weighted by Gasteiger charge is -2.25. The maximum atomic E-state index is 13.4. The van der Waals surface area contributed by atoms with E-state index in [1.54, 1.807) is 35.6 Å². The maximum Gasteiger partial charge on any atom is 0.243 e. The van der Waals surface area contributed by atoms with Crippen LogP contribution in [0, 0.1) is 0 Å². The highest BCUT2D eigenvalue weighted by atomic mass is 32.2. The molecule has 3 aromatic rings. The van der Waals surface area contributed by atoms with Crippen molar-refractivity contribution in [3.8, 4) is 5.75 Å². The molecule has 0 spiro atoms. The van der Waals surface area contributed by atoms with E-state index in [0.717, 1.165) is 30.6 Å². The molecule has 1 saturated heterocycles. The summed E-state index contributed by atoms with van der Waals surface area (Å²) in [6.45, 7) is 1.90. The summed E-state index contributed by atoms with van der Waals surface area (Å²) in [6, 6.07) is 18.4. The molecule has 0 aliphatic carbocycles. The molecule has 0 unspecified atom stereocenters. The number of rotatable bonds is 10. The molecule has 0 amide bonds. The monoisotopic (exact) mass is 457 g/mol. The largest absolute Gasteiger partial charge is 0.493 e. The molecule has 0 N–H and O–H groups in total. The molecule has 0 radical (unpaired) electrons. The summed E-state index contributed by atoms with van der Waals surface area (Å²) in [6.07, 6.45) is 2.63. The summed E-state index contributed by atoms with van der Waals surface area (Å²) in [5.41, 5.74) is 2.16. The zero-order chi connectivity index (χ0) is 21.5. The molecule has 0 bridgehead atoms. The third kappa shape index (κ3) is 5.95. The highest BCUT2D eigenvalue weighted by molar-refractivity contribution is 7.89. The first kappa shape index (κ1) is 22.0. The second-order valence-electron chi connectivity index (χ2n) is 7.62. The molecule has 2 heterocycles. The van der Waals surface area contributed by atoms with E-state index in [1.807, 2.05) is 30.3 Å². The molecule has 0 saturated carbocycles. The van der Waals surface area contributed by atoms with Gasteiger partial charge in [-0.3, -0.25) is 0 Å². The van der Waals surface area contributed by atoms with E-state index in [4.69, 9.17) is 9.47 Å². The van der Waals surface area contributed by atoms with E-state index in [2.05, 4.69) is 16.8 Å². The van der Waals surface area contributed by atoms with Gasteiger partial charge >= 0.3 is 0 Å². The molecular weight excluding hydrogens is 430 g/mol. The van der Waals surface area contributed by atoms with Crippen LogP contribution in [0.4, 0.5) is 0 Å². The van der Waals surface area contributed by atoms with Crippen molar-refractivity contribution in [2.24, 2.45) is 0 Å². The third-order valence-corrected chi connectivity index (χ3v) is 7.87. The van der Waals surface area contributed by atoms with Gasteiger partial charge in [-0.2, -0.15) is 15.6 Å². The van der Waals surface area contributed by atoms with Gasteiger partial charge in [0.15, 0.2) is 0 Å². The van der Waals surface area contributed by atoms with Crippen molar-refractivity contribution >= 4 is 21.4 Å². The highest BCUT2D eigenvalue weighted by Gasteiger charge is 2.29. The minimum absolute atomic E-state index is 0.0662. The van der Waals surface area contributed by atoms with E-state index in [1.165, 1.54) is 9.87 Å². The lowest BCUT2D eigenvalue weighted by molar-refractivity contribution is 0.0926. The molecule has 1 aliphatic heterocycles. The molecule has 1 atom stereocenters. The van der Waals surface area contributed by atoms with Crippen LogP contribution in [-0.4, -0.2) is 38.6 Å². The molecule has 1 aliphatic rings. The van der Waals surface area contributed by atoms with Crippen LogP contribution < -0.4 is 4.74 Å². The lowest BCUT2D eigenvalue weighted by atomic mass is 10.2. The molecule has 5 nitrogen and oxygen atoms in total. The predicted octanol–water partition coefficient (Wildman–Crippen LogP) is 4.74. The number of ether oxygens (including phenoxy) is 2. The number of benzene rings is 2. The lowest BCUT2D eigenvalue weighted by Crippen LogP contribution is -2.36. The first-order valence-electron chi connectivity index (χ1n) is 10.5. The summed E-state index contributed by atoms with van der Waals surface area (Å²) in [4.78, 5) is 0.302. The van der Waals surface area contributed by atoms with Crippen molar-refractivity contribution in [2.75, 3.05) is 19.8 Å². The van der Waals surface area contributed by atoms with Crippen molar-refractivity contribution in [1.82, 2.24) is 4.31 Å². The Labute approximate surface area is 188 Å². The van der Waals surface area contributed by atoms with Crippen LogP contribution >= 0.6 is 11.3 Å². The van der Waals surface area contributed by atoms with Crippen LogP contribution in [0.1, 0.15) is 24.0 Å². The topological polar surface area (TPSA) is 55.8 Å². The summed E-state index contributed by atoms with van der Waals surface area (Å²) < 4.78 is 39.9. The van der Waals surface area contributed by atoms with Gasteiger partial charge in [0.05, 0.1) is 17.6 Å². The molecular formula is C24H27NO4S2. The zero-order valence-electron chi connectivity index (χ0n) is 17.4. The van der Waals surface area contributed by atoms with Crippen molar-refractivity contribution < 1.29 is 17.9 Å². The molecule has 1 aromatic heterocycles. The zero-order valence-corrected chi connectivity index (χ0v) is 19.0. The molecule has 31 heavy (non-hydrogen) atoms. The smallest absolute Gasteiger partial charge is 0.243 e. The first-order chi connectivity index (χ1) is 15.1. The number of nitrogens with zero attached hydrogens (tertiary/aromatic N) is 1. The molecule has 7 heteroatoms. The van der Waals surface area contributed by atoms with Crippen LogP contribution in [0.15, 0.2) is 76.3 Å². The van der Waals surface area contributed by atoms with Gasteiger partial charge in [-0.05, 0) is 65.1 Å². The first-order valence-corrected chi connectivity index (χ1v) is 12.9. The van der Waals surface area contributed by atoms with E-state index in [-0.39, 0.29) is 12.6 Å². The summed E-state index contributed by atoms with van der Waals surface area (Å²) in [5, 5.41) is 4.18.